The highest BCUT2D eigenvalue weighted by Crippen LogP contribution is 2.30. The molecule has 1 aromatic heterocycles. The lowest BCUT2D eigenvalue weighted by atomic mass is 10.2. The fourth-order valence-electron chi connectivity index (χ4n) is 1.69. The van der Waals surface area contributed by atoms with Gasteiger partial charge in [-0.2, -0.15) is 13.2 Å². The molecule has 0 aliphatic carbocycles. The van der Waals surface area contributed by atoms with Crippen molar-refractivity contribution < 1.29 is 13.2 Å². The van der Waals surface area contributed by atoms with Gasteiger partial charge in [0, 0.05) is 18.1 Å². The van der Waals surface area contributed by atoms with Crippen LogP contribution in [0.3, 0.4) is 0 Å². The fourth-order valence-corrected chi connectivity index (χ4v) is 2.44. The molecule has 0 radical (unpaired) electrons. The summed E-state index contributed by atoms with van der Waals surface area (Å²) in [4.78, 5) is 9.15. The Bertz CT molecular complexity index is 676. The Morgan fingerprint density at radius 3 is 2.50 bits per heavy atom. The smallest absolute Gasteiger partial charge is 0.286 e. The first kappa shape index (κ1) is 20.1. The van der Waals surface area contributed by atoms with E-state index in [4.69, 9.17) is 0 Å². The Labute approximate surface area is 143 Å². The van der Waals surface area contributed by atoms with Crippen LogP contribution in [0.25, 0.3) is 0 Å². The predicted molar refractivity (Wildman–Crippen MR) is 91.5 cm³/mol. The van der Waals surface area contributed by atoms with Crippen LogP contribution in [0.4, 0.5) is 13.2 Å². The Hall–Kier alpha value is -1.96. The van der Waals surface area contributed by atoms with Crippen LogP contribution in [0, 0.1) is 6.92 Å². The Morgan fingerprint density at radius 1 is 1.29 bits per heavy atom. The van der Waals surface area contributed by atoms with E-state index in [0.29, 0.717) is 5.70 Å². The van der Waals surface area contributed by atoms with Gasteiger partial charge in [0.25, 0.3) is 0 Å². The average molecular weight is 356 g/mol. The number of aromatic nitrogens is 1. The normalized spacial score (nSPS) is 17.5. The van der Waals surface area contributed by atoms with E-state index in [2.05, 4.69) is 33.2 Å². The van der Waals surface area contributed by atoms with Gasteiger partial charge in [0.15, 0.2) is 5.70 Å². The number of allylic oxidation sites excluding steroid dienone is 3. The van der Waals surface area contributed by atoms with Crippen molar-refractivity contribution in [2.75, 3.05) is 12.8 Å². The highest BCUT2D eigenvalue weighted by molar-refractivity contribution is 7.99. The van der Waals surface area contributed by atoms with E-state index in [-0.39, 0.29) is 5.71 Å². The summed E-state index contributed by atoms with van der Waals surface area (Å²) in [6, 6.07) is 4.08. The molecule has 0 saturated carbocycles. The number of halogens is 3. The Morgan fingerprint density at radius 2 is 2.00 bits per heavy atom. The number of alkyl halides is 3. The number of pyridine rings is 1. The van der Waals surface area contributed by atoms with Crippen LogP contribution >= 0.6 is 11.8 Å². The van der Waals surface area contributed by atoms with Crippen molar-refractivity contribution in [3.05, 3.63) is 47.6 Å². The quantitative estimate of drug-likeness (QED) is 0.669. The van der Waals surface area contributed by atoms with E-state index in [1.807, 2.05) is 30.9 Å². The molecule has 0 amide bonds. The summed E-state index contributed by atoms with van der Waals surface area (Å²) in [5.41, 5.74) is 0.647. The van der Waals surface area contributed by atoms with Crippen LogP contribution in [-0.2, 0) is 0 Å². The molecular weight excluding hydrogens is 337 g/mol. The van der Waals surface area contributed by atoms with Gasteiger partial charge in [-0.25, -0.2) is 0 Å². The molecule has 0 saturated heterocycles. The van der Waals surface area contributed by atoms with Gasteiger partial charge in [0.05, 0.1) is 11.4 Å². The van der Waals surface area contributed by atoms with Crippen molar-refractivity contribution in [3.8, 4) is 0 Å². The highest BCUT2D eigenvalue weighted by Gasteiger charge is 2.36. The monoisotopic (exact) mass is 356 g/mol. The lowest BCUT2D eigenvalue weighted by molar-refractivity contribution is -0.0929. The van der Waals surface area contributed by atoms with Crippen LogP contribution in [0.1, 0.15) is 19.5 Å². The molecule has 0 aromatic carbocycles. The van der Waals surface area contributed by atoms with Gasteiger partial charge in [0.1, 0.15) is 5.70 Å². The van der Waals surface area contributed by atoms with E-state index in [1.54, 1.807) is 13.0 Å². The maximum absolute atomic E-state index is 12.2. The van der Waals surface area contributed by atoms with Gasteiger partial charge in [-0.05, 0) is 37.8 Å². The van der Waals surface area contributed by atoms with Gasteiger partial charge >= 0.3 is 6.18 Å². The van der Waals surface area contributed by atoms with Crippen molar-refractivity contribution in [1.82, 2.24) is 4.98 Å². The van der Waals surface area contributed by atoms with Crippen LogP contribution in [0.5, 0.6) is 0 Å². The molecule has 24 heavy (non-hydrogen) atoms. The largest absolute Gasteiger partial charge is 0.435 e. The molecule has 0 fully saturated rings. The summed E-state index contributed by atoms with van der Waals surface area (Å²) in [6.07, 6.45) is -0.217. The lowest BCUT2D eigenvalue weighted by Gasteiger charge is -2.11. The van der Waals surface area contributed by atoms with Gasteiger partial charge in [0.2, 0.25) is 0 Å². The molecule has 1 aliphatic rings. The Balaban J connectivity index is 0.000000254. The maximum Gasteiger partial charge on any atom is 0.435 e. The molecule has 130 valence electrons. The molecule has 0 N–H and O–H groups in total. The van der Waals surface area contributed by atoms with Crippen molar-refractivity contribution in [1.29, 1.82) is 0 Å². The fraction of sp³-hybridized carbons (Fsp3) is 0.375. The summed E-state index contributed by atoms with van der Waals surface area (Å²) >= 11 is 1.84. The summed E-state index contributed by atoms with van der Waals surface area (Å²) in [5, 5.41) is 6.48. The second kappa shape index (κ2) is 9.36. The number of hydrogen-bond acceptors (Lipinski definition) is 5. The molecule has 2 heterocycles. The van der Waals surface area contributed by atoms with Crippen LogP contribution < -0.4 is 0 Å². The summed E-state index contributed by atoms with van der Waals surface area (Å²) in [6.45, 7) is 5.85. The topological polar surface area (TPSA) is 50.0 Å². The number of azo groups is 1. The molecule has 1 aliphatic heterocycles. The zero-order valence-electron chi connectivity index (χ0n) is 13.9. The predicted octanol–water partition coefficient (Wildman–Crippen LogP) is 5.38. The van der Waals surface area contributed by atoms with Crippen molar-refractivity contribution >= 4 is 17.5 Å². The lowest BCUT2D eigenvalue weighted by Crippen LogP contribution is -2.15. The first-order valence-electron chi connectivity index (χ1n) is 7.22. The minimum absolute atomic E-state index is 0.190. The zero-order chi connectivity index (χ0) is 18.2. The van der Waals surface area contributed by atoms with E-state index < -0.39 is 11.9 Å². The number of hydrogen-bond donors (Lipinski definition) is 0. The SMILES string of the molecule is C/C=C1/N=NC(C(F)(F)F)=CC1=NC.CCSc1cccnc1C. The molecule has 2 rings (SSSR count). The molecule has 0 atom stereocenters. The van der Waals surface area contributed by atoms with E-state index in [1.165, 1.54) is 11.9 Å². The summed E-state index contributed by atoms with van der Waals surface area (Å²) < 4.78 is 36.6. The van der Waals surface area contributed by atoms with Gasteiger partial charge in [-0.3, -0.25) is 9.98 Å². The summed E-state index contributed by atoms with van der Waals surface area (Å²) in [5.74, 6) is 1.12. The molecule has 8 heteroatoms. The molecule has 0 bridgehead atoms. The second-order valence-corrected chi connectivity index (χ2v) is 5.84. The zero-order valence-corrected chi connectivity index (χ0v) is 14.7. The van der Waals surface area contributed by atoms with Crippen molar-refractivity contribution in [2.45, 2.75) is 31.8 Å². The number of nitrogens with zero attached hydrogens (tertiary/aromatic N) is 4. The molecule has 0 spiro atoms. The molecular formula is C16H19F3N4S. The van der Waals surface area contributed by atoms with Crippen LogP contribution in [0.2, 0.25) is 0 Å². The first-order valence-corrected chi connectivity index (χ1v) is 8.20. The third-order valence-electron chi connectivity index (χ3n) is 2.86. The Kier molecular flexibility index (Phi) is 7.84. The number of thioether (sulfide) groups is 1. The third kappa shape index (κ3) is 5.92. The van der Waals surface area contributed by atoms with E-state index in [9.17, 15) is 13.2 Å². The first-order chi connectivity index (χ1) is 11.3. The number of aliphatic imine (C=N–C) groups is 1. The van der Waals surface area contributed by atoms with Gasteiger partial charge < -0.3 is 0 Å². The second-order valence-electron chi connectivity index (χ2n) is 4.53. The molecule has 0 unspecified atom stereocenters. The van der Waals surface area contributed by atoms with Crippen molar-refractivity contribution in [2.24, 2.45) is 15.2 Å². The average Bonchev–Trinajstić information content (AvgIpc) is 2.56. The highest BCUT2D eigenvalue weighted by atomic mass is 32.2. The molecule has 4 nitrogen and oxygen atoms in total. The maximum atomic E-state index is 12.2. The van der Waals surface area contributed by atoms with E-state index in [0.717, 1.165) is 17.5 Å². The number of rotatable bonds is 2. The van der Waals surface area contributed by atoms with Crippen LogP contribution in [-0.4, -0.2) is 29.7 Å². The van der Waals surface area contributed by atoms with Crippen molar-refractivity contribution in [3.63, 3.8) is 0 Å². The molecule has 1 aromatic rings. The van der Waals surface area contributed by atoms with Gasteiger partial charge in [-0.1, -0.05) is 13.0 Å². The number of aryl methyl sites for hydroxylation is 1. The van der Waals surface area contributed by atoms with Gasteiger partial charge in [-0.15, -0.1) is 22.0 Å². The minimum Gasteiger partial charge on any atom is -0.286 e. The standard InChI is InChI=1S/C8H8F3N3.C8H11NS/c1-3-5-6(12-2)4-7(14-13-5)8(9,10)11;1-3-10-8-5-4-6-9-7(8)2/h3-4H,1-2H3;4-6H,3H2,1-2H3/b5-3+,12-6?;. The van der Waals surface area contributed by atoms with E-state index >= 15 is 0 Å². The summed E-state index contributed by atoms with van der Waals surface area (Å²) in [7, 11) is 1.41. The third-order valence-corrected chi connectivity index (χ3v) is 3.90. The minimum atomic E-state index is -4.47. The van der Waals surface area contributed by atoms with Crippen LogP contribution in [0.15, 0.2) is 62.0 Å².